The van der Waals surface area contributed by atoms with E-state index in [1.165, 1.54) is 12.1 Å². The molecule has 0 radical (unpaired) electrons. The number of nitrogens with one attached hydrogen (secondary N) is 2. The second kappa shape index (κ2) is 7.73. The van der Waals surface area contributed by atoms with Crippen molar-refractivity contribution < 1.29 is 9.18 Å². The first kappa shape index (κ1) is 17.5. The summed E-state index contributed by atoms with van der Waals surface area (Å²) in [7, 11) is 0. The number of benzene rings is 1. The fourth-order valence-corrected chi connectivity index (χ4v) is 3.73. The molecule has 0 amide bonds. The van der Waals surface area contributed by atoms with E-state index in [1.807, 2.05) is 12.3 Å². The largest absolute Gasteiger partial charge is 0.378 e. The topological polar surface area (TPSA) is 73.9 Å². The van der Waals surface area contributed by atoms with Gasteiger partial charge in [0.25, 0.3) is 0 Å². The second-order valence-electron chi connectivity index (χ2n) is 7.00. The molecule has 2 aromatic heterocycles. The van der Waals surface area contributed by atoms with Crippen molar-refractivity contribution in [2.45, 2.75) is 19.3 Å². The van der Waals surface area contributed by atoms with Crippen LogP contribution in [0.3, 0.4) is 0 Å². The Kier molecular flexibility index (Phi) is 5.00. The van der Waals surface area contributed by atoms with Crippen LogP contribution in [-0.4, -0.2) is 40.4 Å². The number of hydrogen-bond donors (Lipinski definition) is 2. The molecule has 6 nitrogen and oxygen atoms in total. The Labute approximate surface area is 156 Å². The summed E-state index contributed by atoms with van der Waals surface area (Å²) < 4.78 is 13.2. The summed E-state index contributed by atoms with van der Waals surface area (Å²) in [5.41, 5.74) is 1.46. The van der Waals surface area contributed by atoms with Crippen LogP contribution in [0.1, 0.15) is 19.3 Å². The zero-order valence-corrected chi connectivity index (χ0v) is 15.0. The molecule has 1 aliphatic rings. The Hall–Kier alpha value is -2.96. The summed E-state index contributed by atoms with van der Waals surface area (Å²) in [6.45, 7) is 1.96. The number of aromatic nitrogens is 3. The molecule has 0 bridgehead atoms. The summed E-state index contributed by atoms with van der Waals surface area (Å²) in [5, 5.41) is 4.02. The van der Waals surface area contributed by atoms with Gasteiger partial charge in [0.15, 0.2) is 5.78 Å². The summed E-state index contributed by atoms with van der Waals surface area (Å²) in [6, 6.07) is 8.16. The smallest absolute Gasteiger partial charge is 0.152 e. The van der Waals surface area contributed by atoms with Crippen LogP contribution in [0.15, 0.2) is 42.9 Å². The van der Waals surface area contributed by atoms with Gasteiger partial charge in [0.05, 0.1) is 11.9 Å². The lowest BCUT2D eigenvalue weighted by atomic mass is 9.92. The Bertz CT molecular complexity index is 941. The fraction of sp³-hybridized carbons (Fsp3) is 0.350. The summed E-state index contributed by atoms with van der Waals surface area (Å²) in [6.07, 6.45) is 6.02. The first-order valence-electron chi connectivity index (χ1n) is 9.23. The van der Waals surface area contributed by atoms with Crippen molar-refractivity contribution in [3.05, 3.63) is 48.7 Å². The zero-order chi connectivity index (χ0) is 18.6. The number of ketones is 1. The normalized spacial score (nSPS) is 17.2. The Morgan fingerprint density at radius 1 is 1.33 bits per heavy atom. The quantitative estimate of drug-likeness (QED) is 0.699. The molecule has 3 aromatic rings. The molecule has 7 heteroatoms. The minimum atomic E-state index is -0.309. The molecule has 1 unspecified atom stereocenters. The molecule has 1 atom stereocenters. The van der Waals surface area contributed by atoms with Crippen LogP contribution in [0.2, 0.25) is 0 Å². The molecule has 1 aliphatic heterocycles. The van der Waals surface area contributed by atoms with E-state index < -0.39 is 0 Å². The van der Waals surface area contributed by atoms with E-state index in [2.05, 4.69) is 25.2 Å². The lowest BCUT2D eigenvalue weighted by Crippen LogP contribution is -2.37. The number of H-pyrrole nitrogens is 1. The maximum atomic E-state index is 13.2. The van der Waals surface area contributed by atoms with E-state index in [4.69, 9.17) is 0 Å². The van der Waals surface area contributed by atoms with Crippen molar-refractivity contribution in [1.29, 1.82) is 0 Å². The van der Waals surface area contributed by atoms with Gasteiger partial charge in [-0.1, -0.05) is 6.07 Å². The molecule has 140 valence electrons. The van der Waals surface area contributed by atoms with E-state index in [-0.39, 0.29) is 18.1 Å². The monoisotopic (exact) mass is 367 g/mol. The number of piperidine rings is 1. The van der Waals surface area contributed by atoms with Gasteiger partial charge in [-0.25, -0.2) is 14.4 Å². The minimum Gasteiger partial charge on any atom is -0.378 e. The highest BCUT2D eigenvalue weighted by atomic mass is 19.1. The number of carbonyl (C=O) groups is 1. The molecule has 1 fully saturated rings. The number of anilines is 2. The maximum absolute atomic E-state index is 13.2. The second-order valence-corrected chi connectivity index (χ2v) is 7.00. The highest BCUT2D eigenvalue weighted by Crippen LogP contribution is 2.28. The lowest BCUT2D eigenvalue weighted by Gasteiger charge is -2.33. The standard InChI is InChI=1S/C20H22FN5O/c21-15-4-1-5-16(10-15)23-11-17(27)9-14-3-2-8-26(12-14)20-18-6-7-22-19(18)24-13-25-20/h1,4-7,10,13-14,23H,2-3,8-9,11-12H2,(H,22,24,25). The van der Waals surface area contributed by atoms with Crippen molar-refractivity contribution in [1.82, 2.24) is 15.0 Å². The van der Waals surface area contributed by atoms with Crippen molar-refractivity contribution in [3.63, 3.8) is 0 Å². The van der Waals surface area contributed by atoms with Gasteiger partial charge in [-0.15, -0.1) is 0 Å². The third-order valence-corrected chi connectivity index (χ3v) is 4.98. The van der Waals surface area contributed by atoms with Crippen molar-refractivity contribution in [2.24, 2.45) is 5.92 Å². The number of Topliss-reactive ketones (excluding diaryl/α,β-unsaturated/α-hetero) is 1. The number of fused-ring (bicyclic) bond motifs is 1. The fourth-order valence-electron chi connectivity index (χ4n) is 3.73. The predicted molar refractivity (Wildman–Crippen MR) is 103 cm³/mol. The van der Waals surface area contributed by atoms with Gasteiger partial charge in [0.2, 0.25) is 0 Å². The zero-order valence-electron chi connectivity index (χ0n) is 15.0. The molecule has 27 heavy (non-hydrogen) atoms. The van der Waals surface area contributed by atoms with E-state index in [0.717, 1.165) is 42.8 Å². The highest BCUT2D eigenvalue weighted by molar-refractivity contribution is 5.87. The van der Waals surface area contributed by atoms with Crippen molar-refractivity contribution in [2.75, 3.05) is 29.9 Å². The van der Waals surface area contributed by atoms with Crippen LogP contribution in [0.5, 0.6) is 0 Å². The average molecular weight is 367 g/mol. The van der Waals surface area contributed by atoms with Crippen molar-refractivity contribution in [3.8, 4) is 0 Å². The van der Waals surface area contributed by atoms with Gasteiger partial charge in [0.1, 0.15) is 23.6 Å². The molecule has 0 saturated carbocycles. The summed E-state index contributed by atoms with van der Waals surface area (Å²) in [5.74, 6) is 1.05. The van der Waals surface area contributed by atoms with E-state index in [1.54, 1.807) is 18.5 Å². The molecule has 0 spiro atoms. The predicted octanol–water partition coefficient (Wildman–Crippen LogP) is 3.38. The Morgan fingerprint density at radius 3 is 3.15 bits per heavy atom. The number of halogens is 1. The molecule has 1 aromatic carbocycles. The van der Waals surface area contributed by atoms with Gasteiger partial charge >= 0.3 is 0 Å². The average Bonchev–Trinajstić information content (AvgIpc) is 3.15. The molecular weight excluding hydrogens is 345 g/mol. The first-order valence-corrected chi connectivity index (χ1v) is 9.23. The van der Waals surface area contributed by atoms with Gasteiger partial charge in [-0.05, 0) is 43.0 Å². The number of nitrogens with zero attached hydrogens (tertiary/aromatic N) is 3. The van der Waals surface area contributed by atoms with E-state index >= 15 is 0 Å². The van der Waals surface area contributed by atoms with Crippen LogP contribution in [-0.2, 0) is 4.79 Å². The Morgan fingerprint density at radius 2 is 2.26 bits per heavy atom. The molecular formula is C20H22FN5O. The van der Waals surface area contributed by atoms with E-state index in [0.29, 0.717) is 18.0 Å². The molecule has 0 aliphatic carbocycles. The maximum Gasteiger partial charge on any atom is 0.152 e. The summed E-state index contributed by atoms with van der Waals surface area (Å²) in [4.78, 5) is 26.4. The molecule has 3 heterocycles. The van der Waals surface area contributed by atoms with Crippen LogP contribution in [0.25, 0.3) is 11.0 Å². The van der Waals surface area contributed by atoms with Crippen LogP contribution >= 0.6 is 0 Å². The highest BCUT2D eigenvalue weighted by Gasteiger charge is 2.24. The van der Waals surface area contributed by atoms with Gasteiger partial charge < -0.3 is 15.2 Å². The first-order chi connectivity index (χ1) is 13.2. The number of aromatic amines is 1. The van der Waals surface area contributed by atoms with E-state index in [9.17, 15) is 9.18 Å². The third kappa shape index (κ3) is 4.07. The SMILES string of the molecule is O=C(CNc1cccc(F)c1)CC1CCCN(c2ncnc3[nH]ccc23)C1. The number of rotatable bonds is 6. The molecule has 2 N–H and O–H groups in total. The van der Waals surface area contributed by atoms with Crippen molar-refractivity contribution >= 4 is 28.3 Å². The van der Waals surface area contributed by atoms with Gasteiger partial charge in [-0.3, -0.25) is 4.79 Å². The van der Waals surface area contributed by atoms with Crippen LogP contribution < -0.4 is 10.2 Å². The lowest BCUT2D eigenvalue weighted by molar-refractivity contribution is -0.118. The van der Waals surface area contributed by atoms with Gasteiger partial charge in [-0.2, -0.15) is 0 Å². The number of carbonyl (C=O) groups excluding carboxylic acids is 1. The van der Waals surface area contributed by atoms with Gasteiger partial charge in [0, 0.05) is 31.4 Å². The molecule has 4 rings (SSSR count). The Balaban J connectivity index is 1.35. The minimum absolute atomic E-state index is 0.139. The van der Waals surface area contributed by atoms with Crippen LogP contribution in [0.4, 0.5) is 15.9 Å². The number of hydrogen-bond acceptors (Lipinski definition) is 5. The third-order valence-electron chi connectivity index (χ3n) is 4.98. The summed E-state index contributed by atoms with van der Waals surface area (Å²) >= 11 is 0. The molecule has 1 saturated heterocycles. The van der Waals surface area contributed by atoms with Crippen LogP contribution in [0, 0.1) is 11.7 Å².